The van der Waals surface area contributed by atoms with Gasteiger partial charge in [-0.1, -0.05) is 13.8 Å². The number of ketones is 1. The summed E-state index contributed by atoms with van der Waals surface area (Å²) in [6, 6.07) is 2.09. The summed E-state index contributed by atoms with van der Waals surface area (Å²) in [5, 5.41) is 0. The molecule has 134 valence electrons. The Labute approximate surface area is 137 Å². The van der Waals surface area contributed by atoms with Gasteiger partial charge in [0, 0.05) is 6.04 Å². The summed E-state index contributed by atoms with van der Waals surface area (Å²) in [6.45, 7) is 3.13. The number of ether oxygens (including phenoxy) is 1. The molecule has 1 aromatic carbocycles. The number of hydrogen-bond acceptors (Lipinski definition) is 3. The molecule has 0 N–H and O–H groups in total. The van der Waals surface area contributed by atoms with Gasteiger partial charge < -0.3 is 9.64 Å². The number of benzene rings is 1. The zero-order chi connectivity index (χ0) is 18.7. The highest BCUT2D eigenvalue weighted by Crippen LogP contribution is 2.24. The molecular weight excluding hydrogens is 330 g/mol. The van der Waals surface area contributed by atoms with E-state index < -0.39 is 41.8 Å². The van der Waals surface area contributed by atoms with E-state index >= 15 is 0 Å². The first-order chi connectivity index (χ1) is 11.0. The Morgan fingerprint density at radius 3 is 2.25 bits per heavy atom. The quantitative estimate of drug-likeness (QED) is 0.449. The molecule has 8 heteroatoms. The third-order valence-corrected chi connectivity index (χ3v) is 3.67. The average Bonchev–Trinajstić information content (AvgIpc) is 2.49. The average molecular weight is 349 g/mol. The van der Waals surface area contributed by atoms with Gasteiger partial charge in [0.05, 0.1) is 12.7 Å². The molecule has 0 aliphatic rings. The predicted molar refractivity (Wildman–Crippen MR) is 79.4 cm³/mol. The SMILES string of the molecule is COc1ccc(F)cc1C(=O)C(=O)N(CC(F)(F)F)C(C)C(C)C. The van der Waals surface area contributed by atoms with Gasteiger partial charge in [-0.15, -0.1) is 0 Å². The summed E-state index contributed by atoms with van der Waals surface area (Å²) < 4.78 is 56.6. The Balaban J connectivity index is 3.23. The molecule has 1 atom stereocenters. The van der Waals surface area contributed by atoms with E-state index in [2.05, 4.69) is 0 Å². The third-order valence-electron chi connectivity index (χ3n) is 3.67. The number of carbonyl (C=O) groups is 2. The Morgan fingerprint density at radius 2 is 1.79 bits per heavy atom. The summed E-state index contributed by atoms with van der Waals surface area (Å²) in [4.78, 5) is 25.1. The molecule has 1 amide bonds. The molecule has 0 fully saturated rings. The lowest BCUT2D eigenvalue weighted by atomic mass is 10.0. The second kappa shape index (κ2) is 7.63. The van der Waals surface area contributed by atoms with Gasteiger partial charge in [0.15, 0.2) is 0 Å². The molecule has 0 saturated carbocycles. The van der Waals surface area contributed by atoms with Gasteiger partial charge in [0.1, 0.15) is 18.1 Å². The summed E-state index contributed by atoms with van der Waals surface area (Å²) in [7, 11) is 1.21. The van der Waals surface area contributed by atoms with Crippen LogP contribution in [-0.2, 0) is 4.79 Å². The van der Waals surface area contributed by atoms with Crippen molar-refractivity contribution >= 4 is 11.7 Å². The zero-order valence-corrected chi connectivity index (χ0v) is 13.8. The number of nitrogens with zero attached hydrogens (tertiary/aromatic N) is 1. The van der Waals surface area contributed by atoms with Crippen molar-refractivity contribution in [2.24, 2.45) is 5.92 Å². The maximum absolute atomic E-state index is 13.4. The highest BCUT2D eigenvalue weighted by atomic mass is 19.4. The minimum Gasteiger partial charge on any atom is -0.496 e. The molecule has 1 rings (SSSR count). The van der Waals surface area contributed by atoms with Crippen LogP contribution in [0, 0.1) is 11.7 Å². The van der Waals surface area contributed by atoms with Crippen molar-refractivity contribution in [3.63, 3.8) is 0 Å². The molecule has 0 bridgehead atoms. The van der Waals surface area contributed by atoms with Gasteiger partial charge >= 0.3 is 6.18 Å². The first-order valence-corrected chi connectivity index (χ1v) is 7.23. The first kappa shape index (κ1) is 19.9. The molecular formula is C16H19F4NO3. The fourth-order valence-electron chi connectivity index (χ4n) is 2.06. The first-order valence-electron chi connectivity index (χ1n) is 7.23. The van der Waals surface area contributed by atoms with Gasteiger partial charge in [-0.05, 0) is 31.0 Å². The molecule has 4 nitrogen and oxygen atoms in total. The second-order valence-corrected chi connectivity index (χ2v) is 5.71. The van der Waals surface area contributed by atoms with Gasteiger partial charge in [-0.25, -0.2) is 4.39 Å². The number of hydrogen-bond donors (Lipinski definition) is 0. The molecule has 0 aliphatic carbocycles. The van der Waals surface area contributed by atoms with E-state index in [1.807, 2.05) is 0 Å². The van der Waals surface area contributed by atoms with Crippen LogP contribution in [0.15, 0.2) is 18.2 Å². The normalized spacial score (nSPS) is 12.9. The molecule has 0 radical (unpaired) electrons. The molecule has 1 unspecified atom stereocenters. The topological polar surface area (TPSA) is 46.6 Å². The van der Waals surface area contributed by atoms with Crippen molar-refractivity contribution in [1.82, 2.24) is 4.90 Å². The summed E-state index contributed by atoms with van der Waals surface area (Å²) in [6.07, 6.45) is -4.66. The molecule has 24 heavy (non-hydrogen) atoms. The van der Waals surface area contributed by atoms with E-state index in [1.54, 1.807) is 13.8 Å². The Bertz CT molecular complexity index is 614. The van der Waals surface area contributed by atoms with E-state index in [0.717, 1.165) is 18.2 Å². The van der Waals surface area contributed by atoms with E-state index in [-0.39, 0.29) is 11.7 Å². The van der Waals surface area contributed by atoms with Crippen LogP contribution in [0.3, 0.4) is 0 Å². The third kappa shape index (κ3) is 4.94. The number of amides is 1. The highest BCUT2D eigenvalue weighted by Gasteiger charge is 2.39. The molecule has 0 spiro atoms. The number of halogens is 4. The molecule has 0 saturated heterocycles. The van der Waals surface area contributed by atoms with Crippen LogP contribution in [0.1, 0.15) is 31.1 Å². The fraction of sp³-hybridized carbons (Fsp3) is 0.500. The zero-order valence-electron chi connectivity index (χ0n) is 13.8. The number of Topliss-reactive ketones (excluding diaryl/α,β-unsaturated/α-hetero) is 1. The molecule has 0 heterocycles. The Morgan fingerprint density at radius 1 is 1.21 bits per heavy atom. The fourth-order valence-corrected chi connectivity index (χ4v) is 2.06. The van der Waals surface area contributed by atoms with E-state index in [9.17, 15) is 27.2 Å². The van der Waals surface area contributed by atoms with Crippen molar-refractivity contribution in [2.75, 3.05) is 13.7 Å². The minimum atomic E-state index is -4.66. The standard InChI is InChI=1S/C16H19F4NO3/c1-9(2)10(3)21(8-16(18,19)20)15(23)14(22)12-7-11(17)5-6-13(12)24-4/h5-7,9-10H,8H2,1-4H3. The smallest absolute Gasteiger partial charge is 0.406 e. The van der Waals surface area contributed by atoms with Gasteiger partial charge in [0.2, 0.25) is 0 Å². The lowest BCUT2D eigenvalue weighted by molar-refractivity contribution is -0.163. The van der Waals surface area contributed by atoms with Crippen LogP contribution in [-0.4, -0.2) is 42.5 Å². The summed E-state index contributed by atoms with van der Waals surface area (Å²) >= 11 is 0. The van der Waals surface area contributed by atoms with Crippen LogP contribution >= 0.6 is 0 Å². The van der Waals surface area contributed by atoms with Gasteiger partial charge in [0.25, 0.3) is 11.7 Å². The van der Waals surface area contributed by atoms with Crippen LogP contribution in [0.5, 0.6) is 5.75 Å². The van der Waals surface area contributed by atoms with Crippen molar-refractivity contribution in [1.29, 1.82) is 0 Å². The van der Waals surface area contributed by atoms with Crippen LogP contribution < -0.4 is 4.74 Å². The largest absolute Gasteiger partial charge is 0.496 e. The number of rotatable bonds is 6. The highest BCUT2D eigenvalue weighted by molar-refractivity contribution is 6.43. The van der Waals surface area contributed by atoms with E-state index in [4.69, 9.17) is 4.74 Å². The van der Waals surface area contributed by atoms with Crippen molar-refractivity contribution < 1.29 is 31.9 Å². The second-order valence-electron chi connectivity index (χ2n) is 5.71. The van der Waals surface area contributed by atoms with E-state index in [1.165, 1.54) is 14.0 Å². The van der Waals surface area contributed by atoms with Crippen LogP contribution in [0.4, 0.5) is 17.6 Å². The maximum Gasteiger partial charge on any atom is 0.406 e. The van der Waals surface area contributed by atoms with Crippen molar-refractivity contribution in [3.8, 4) is 5.75 Å². The molecule has 0 aromatic heterocycles. The predicted octanol–water partition coefficient (Wildman–Crippen LogP) is 3.45. The van der Waals surface area contributed by atoms with Gasteiger partial charge in [-0.2, -0.15) is 13.2 Å². The Hall–Kier alpha value is -2.12. The summed E-state index contributed by atoms with van der Waals surface area (Å²) in [5.74, 6) is -3.79. The lowest BCUT2D eigenvalue weighted by Gasteiger charge is -2.32. The number of carbonyl (C=O) groups excluding carboxylic acids is 2. The number of alkyl halides is 3. The number of methoxy groups -OCH3 is 1. The Kier molecular flexibility index (Phi) is 6.34. The minimum absolute atomic E-state index is 0.0843. The maximum atomic E-state index is 13.4. The van der Waals surface area contributed by atoms with E-state index in [0.29, 0.717) is 4.90 Å². The van der Waals surface area contributed by atoms with Crippen LogP contribution in [0.25, 0.3) is 0 Å². The van der Waals surface area contributed by atoms with Crippen molar-refractivity contribution in [2.45, 2.75) is 33.0 Å². The van der Waals surface area contributed by atoms with Gasteiger partial charge in [-0.3, -0.25) is 9.59 Å². The summed E-state index contributed by atoms with van der Waals surface area (Å²) in [5.41, 5.74) is -0.411. The van der Waals surface area contributed by atoms with Crippen molar-refractivity contribution in [3.05, 3.63) is 29.6 Å². The molecule has 0 aliphatic heterocycles. The molecule has 1 aromatic rings. The monoisotopic (exact) mass is 349 g/mol. The lowest BCUT2D eigenvalue weighted by Crippen LogP contribution is -2.49. The van der Waals surface area contributed by atoms with Crippen LogP contribution in [0.2, 0.25) is 0 Å².